The molecular weight excluding hydrogens is 492 g/mol. The predicted octanol–water partition coefficient (Wildman–Crippen LogP) is 5.36. The van der Waals surface area contributed by atoms with Crippen molar-refractivity contribution >= 4 is 39.3 Å². The van der Waals surface area contributed by atoms with Gasteiger partial charge in [0, 0.05) is 0 Å². The first-order valence-corrected chi connectivity index (χ1v) is 12.5. The number of hydrogen-bond donors (Lipinski definition) is 0. The summed E-state index contributed by atoms with van der Waals surface area (Å²) in [5.41, 5.74) is 2.23. The number of carbonyl (C=O) groups is 2. The second-order valence-corrected chi connectivity index (χ2v) is 9.53. The summed E-state index contributed by atoms with van der Waals surface area (Å²) in [6.07, 6.45) is 1.47. The first kappa shape index (κ1) is 24.5. The highest BCUT2D eigenvalue weighted by Gasteiger charge is 2.45. The van der Waals surface area contributed by atoms with Crippen LogP contribution < -0.4 is 15.1 Å². The normalized spacial score (nSPS) is 14.6. The van der Waals surface area contributed by atoms with E-state index in [1.807, 2.05) is 32.0 Å². The van der Waals surface area contributed by atoms with E-state index in [0.717, 1.165) is 16.9 Å². The Kier molecular flexibility index (Phi) is 6.39. The van der Waals surface area contributed by atoms with Crippen LogP contribution in [-0.4, -0.2) is 30.1 Å². The first-order valence-electron chi connectivity index (χ1n) is 11.7. The Balaban J connectivity index is 1.72. The van der Waals surface area contributed by atoms with E-state index in [4.69, 9.17) is 13.9 Å². The number of carbonyl (C=O) groups excluding carboxylic acids is 2. The maximum Gasteiger partial charge on any atom is 0.350 e. The van der Waals surface area contributed by atoms with Crippen LogP contribution in [0.2, 0.25) is 0 Å². The standard InChI is InChI=1S/C28H24N2O6S/c1-5-12-35-27(33)25-16(4)29-28(37-25)30-22(17-8-7-9-18(14-17)34-6-2)21-23(31)19-13-15(3)10-11-20(19)36-24(21)26(30)32/h5,7-11,13-14,22H,1,6,12H2,2-4H3. The number of fused-ring (bicyclic) bond motifs is 2. The molecule has 0 fully saturated rings. The van der Waals surface area contributed by atoms with Gasteiger partial charge in [0.25, 0.3) is 5.91 Å². The Morgan fingerprint density at radius 2 is 2.03 bits per heavy atom. The molecule has 0 saturated carbocycles. The second-order valence-electron chi connectivity index (χ2n) is 8.55. The van der Waals surface area contributed by atoms with Crippen LogP contribution >= 0.6 is 11.3 Å². The van der Waals surface area contributed by atoms with Gasteiger partial charge in [0.15, 0.2) is 10.6 Å². The van der Waals surface area contributed by atoms with Crippen LogP contribution in [-0.2, 0) is 4.74 Å². The van der Waals surface area contributed by atoms with Crippen molar-refractivity contribution in [3.63, 3.8) is 0 Å². The van der Waals surface area contributed by atoms with Crippen molar-refractivity contribution in [2.75, 3.05) is 18.1 Å². The molecule has 1 unspecified atom stereocenters. The molecule has 2 aromatic carbocycles. The predicted molar refractivity (Wildman–Crippen MR) is 141 cm³/mol. The zero-order chi connectivity index (χ0) is 26.3. The summed E-state index contributed by atoms with van der Waals surface area (Å²) >= 11 is 1.03. The topological polar surface area (TPSA) is 98.9 Å². The molecule has 0 radical (unpaired) electrons. The lowest BCUT2D eigenvalue weighted by Crippen LogP contribution is -2.29. The van der Waals surface area contributed by atoms with Crippen LogP contribution in [0.15, 0.2) is 64.3 Å². The van der Waals surface area contributed by atoms with Gasteiger partial charge >= 0.3 is 5.97 Å². The summed E-state index contributed by atoms with van der Waals surface area (Å²) in [6.45, 7) is 9.50. The molecule has 9 heteroatoms. The molecule has 0 N–H and O–H groups in total. The number of aromatic nitrogens is 1. The van der Waals surface area contributed by atoms with E-state index in [2.05, 4.69) is 11.6 Å². The minimum atomic E-state index is -0.827. The van der Waals surface area contributed by atoms with Gasteiger partial charge in [-0.1, -0.05) is 47.8 Å². The molecule has 0 bridgehead atoms. The average Bonchev–Trinajstić information content (AvgIpc) is 3.41. The molecule has 1 aliphatic heterocycles. The summed E-state index contributed by atoms with van der Waals surface area (Å²) in [5.74, 6) is -0.514. The minimum absolute atomic E-state index is 0.0446. The SMILES string of the molecule is C=CCOC(=O)c1sc(N2C(=O)c3oc4ccc(C)cc4c(=O)c3C2c2cccc(OCC)c2)nc1C. The molecule has 0 aliphatic carbocycles. The summed E-state index contributed by atoms with van der Waals surface area (Å²) in [7, 11) is 0. The highest BCUT2D eigenvalue weighted by molar-refractivity contribution is 7.17. The molecule has 37 heavy (non-hydrogen) atoms. The number of hydrogen-bond acceptors (Lipinski definition) is 8. The number of aryl methyl sites for hydroxylation is 2. The number of ether oxygens (including phenoxy) is 2. The van der Waals surface area contributed by atoms with Crippen LogP contribution in [0, 0.1) is 13.8 Å². The molecule has 0 saturated heterocycles. The third-order valence-corrected chi connectivity index (χ3v) is 7.16. The Bertz CT molecular complexity index is 1620. The molecular formula is C28H24N2O6S. The molecule has 2 aromatic heterocycles. The van der Waals surface area contributed by atoms with Crippen molar-refractivity contribution in [3.05, 3.63) is 98.4 Å². The summed E-state index contributed by atoms with van der Waals surface area (Å²) in [4.78, 5) is 46.4. The van der Waals surface area contributed by atoms with Gasteiger partial charge in [-0.15, -0.1) is 0 Å². The third kappa shape index (κ3) is 4.21. The van der Waals surface area contributed by atoms with Gasteiger partial charge in [0.2, 0.25) is 5.76 Å². The van der Waals surface area contributed by atoms with E-state index in [9.17, 15) is 14.4 Å². The summed E-state index contributed by atoms with van der Waals surface area (Å²) < 4.78 is 16.9. The molecule has 3 heterocycles. The van der Waals surface area contributed by atoms with Gasteiger partial charge < -0.3 is 13.9 Å². The number of rotatable bonds is 7. The monoisotopic (exact) mass is 516 g/mol. The fourth-order valence-corrected chi connectivity index (χ4v) is 5.40. The van der Waals surface area contributed by atoms with Gasteiger partial charge in [-0.25, -0.2) is 9.78 Å². The zero-order valence-corrected chi connectivity index (χ0v) is 21.4. The largest absolute Gasteiger partial charge is 0.494 e. The van der Waals surface area contributed by atoms with Crippen molar-refractivity contribution in [2.45, 2.75) is 26.8 Å². The number of nitrogens with zero attached hydrogens (tertiary/aromatic N) is 2. The highest BCUT2D eigenvalue weighted by atomic mass is 32.1. The van der Waals surface area contributed by atoms with Crippen molar-refractivity contribution in [2.24, 2.45) is 0 Å². The van der Waals surface area contributed by atoms with E-state index in [-0.39, 0.29) is 33.4 Å². The third-order valence-electron chi connectivity index (χ3n) is 6.02. The number of amides is 1. The van der Waals surface area contributed by atoms with Crippen LogP contribution in [0.3, 0.4) is 0 Å². The molecule has 1 amide bonds. The fraction of sp³-hybridized carbons (Fsp3) is 0.214. The maximum absolute atomic E-state index is 13.8. The second kappa shape index (κ2) is 9.67. The van der Waals surface area contributed by atoms with E-state index >= 15 is 0 Å². The smallest absolute Gasteiger partial charge is 0.350 e. The Morgan fingerprint density at radius 1 is 1.22 bits per heavy atom. The van der Waals surface area contributed by atoms with E-state index in [1.165, 1.54) is 11.0 Å². The molecule has 4 aromatic rings. The number of thiazole rings is 1. The molecule has 1 atom stereocenters. The van der Waals surface area contributed by atoms with E-state index in [1.54, 1.807) is 31.2 Å². The van der Waals surface area contributed by atoms with Crippen molar-refractivity contribution in [3.8, 4) is 5.75 Å². The zero-order valence-electron chi connectivity index (χ0n) is 20.6. The average molecular weight is 517 g/mol. The van der Waals surface area contributed by atoms with Crippen molar-refractivity contribution in [1.82, 2.24) is 4.98 Å². The maximum atomic E-state index is 13.8. The van der Waals surface area contributed by atoms with Crippen molar-refractivity contribution < 1.29 is 23.5 Å². The van der Waals surface area contributed by atoms with Crippen LogP contribution in [0.25, 0.3) is 11.0 Å². The number of anilines is 1. The van der Waals surface area contributed by atoms with Crippen molar-refractivity contribution in [1.29, 1.82) is 0 Å². The van der Waals surface area contributed by atoms with E-state index < -0.39 is 17.9 Å². The molecule has 0 spiro atoms. The molecule has 8 nitrogen and oxygen atoms in total. The van der Waals surface area contributed by atoms with Gasteiger partial charge in [-0.3, -0.25) is 14.5 Å². The highest BCUT2D eigenvalue weighted by Crippen LogP contribution is 2.43. The molecule has 1 aliphatic rings. The summed E-state index contributed by atoms with van der Waals surface area (Å²) in [6, 6.07) is 11.7. The van der Waals surface area contributed by atoms with Gasteiger partial charge in [0.1, 0.15) is 22.8 Å². The van der Waals surface area contributed by atoms with Crippen LogP contribution in [0.4, 0.5) is 5.13 Å². The van der Waals surface area contributed by atoms with Crippen LogP contribution in [0.1, 0.15) is 55.6 Å². The number of benzene rings is 2. The first-order chi connectivity index (χ1) is 17.8. The van der Waals surface area contributed by atoms with Gasteiger partial charge in [0.05, 0.1) is 29.3 Å². The molecule has 188 valence electrons. The Morgan fingerprint density at radius 3 is 2.78 bits per heavy atom. The summed E-state index contributed by atoms with van der Waals surface area (Å²) in [5, 5.41) is 0.647. The van der Waals surface area contributed by atoms with Crippen LogP contribution in [0.5, 0.6) is 5.75 Å². The quantitative estimate of drug-likeness (QED) is 0.241. The van der Waals surface area contributed by atoms with Gasteiger partial charge in [-0.05, 0) is 50.6 Å². The Labute approximate surface area is 216 Å². The Hall–Kier alpha value is -4.24. The van der Waals surface area contributed by atoms with E-state index in [0.29, 0.717) is 34.6 Å². The number of esters is 1. The minimum Gasteiger partial charge on any atom is -0.494 e. The fourth-order valence-electron chi connectivity index (χ4n) is 4.42. The van der Waals surface area contributed by atoms with Gasteiger partial charge in [-0.2, -0.15) is 0 Å². The lowest BCUT2D eigenvalue weighted by molar-refractivity contribution is 0.0554. The lowest BCUT2D eigenvalue weighted by Gasteiger charge is -2.23. The lowest BCUT2D eigenvalue weighted by atomic mass is 9.98. The molecule has 5 rings (SSSR count).